The lowest BCUT2D eigenvalue weighted by Gasteiger charge is -2.39. The van der Waals surface area contributed by atoms with Gasteiger partial charge in [0.15, 0.2) is 5.96 Å². The molecule has 0 spiro atoms. The summed E-state index contributed by atoms with van der Waals surface area (Å²) in [5.41, 5.74) is 1.44. The highest BCUT2D eigenvalue weighted by Gasteiger charge is 2.40. The summed E-state index contributed by atoms with van der Waals surface area (Å²) in [5.74, 6) is 1.72. The zero-order chi connectivity index (χ0) is 18.4. The smallest absolute Gasteiger partial charge is 0.191 e. The maximum atomic E-state index is 4.46. The Hall–Kier alpha value is -1.55. The minimum atomic E-state index is 0.549. The number of nitrogens with one attached hydrogen (secondary N) is 2. The van der Waals surface area contributed by atoms with Crippen LogP contribution in [-0.2, 0) is 6.54 Å². The van der Waals surface area contributed by atoms with E-state index in [0.717, 1.165) is 25.0 Å². The second kappa shape index (κ2) is 9.40. The van der Waals surface area contributed by atoms with E-state index in [9.17, 15) is 0 Å². The van der Waals surface area contributed by atoms with Crippen molar-refractivity contribution < 1.29 is 0 Å². The molecule has 2 bridgehead atoms. The van der Waals surface area contributed by atoms with Gasteiger partial charge in [-0.1, -0.05) is 57.0 Å². The van der Waals surface area contributed by atoms with Crippen LogP contribution in [0.1, 0.15) is 57.9 Å². The number of rotatable bonds is 7. The van der Waals surface area contributed by atoms with E-state index in [1.165, 1.54) is 44.1 Å². The standard InChI is InChI=1S/C22H36N4/c1-4-17(5-2)15-24-22(23-3)25-19-13-20-11-12-21(14-19)26(20)16-18-9-7-6-8-10-18/h6-10,17,19-21H,4-5,11-16H2,1-3H3,(H2,23,24,25). The molecular weight excluding hydrogens is 320 g/mol. The topological polar surface area (TPSA) is 39.7 Å². The molecule has 2 atom stereocenters. The van der Waals surface area contributed by atoms with Gasteiger partial charge in [0.2, 0.25) is 0 Å². The Labute approximate surface area is 159 Å². The van der Waals surface area contributed by atoms with Crippen LogP contribution in [0.5, 0.6) is 0 Å². The first-order valence-corrected chi connectivity index (χ1v) is 10.5. The predicted octanol–water partition coefficient (Wildman–Crippen LogP) is 3.78. The van der Waals surface area contributed by atoms with E-state index in [-0.39, 0.29) is 0 Å². The third kappa shape index (κ3) is 4.79. The van der Waals surface area contributed by atoms with Crippen molar-refractivity contribution in [2.45, 2.75) is 77.0 Å². The predicted molar refractivity (Wildman–Crippen MR) is 110 cm³/mol. The fourth-order valence-corrected chi connectivity index (χ4v) is 4.65. The summed E-state index contributed by atoms with van der Waals surface area (Å²) in [6, 6.07) is 12.9. The lowest BCUT2D eigenvalue weighted by Crippen LogP contribution is -2.52. The summed E-state index contributed by atoms with van der Waals surface area (Å²) >= 11 is 0. The molecule has 2 heterocycles. The van der Waals surface area contributed by atoms with Gasteiger partial charge in [-0.05, 0) is 37.2 Å². The van der Waals surface area contributed by atoms with Crippen molar-refractivity contribution >= 4 is 5.96 Å². The first kappa shape index (κ1) is 19.2. The van der Waals surface area contributed by atoms with Gasteiger partial charge in [-0.2, -0.15) is 0 Å². The average molecular weight is 357 g/mol. The van der Waals surface area contributed by atoms with Crippen molar-refractivity contribution in [2.75, 3.05) is 13.6 Å². The van der Waals surface area contributed by atoms with Gasteiger partial charge in [-0.3, -0.25) is 9.89 Å². The average Bonchev–Trinajstić information content (AvgIpc) is 2.90. The van der Waals surface area contributed by atoms with E-state index in [2.05, 4.69) is 64.7 Å². The Morgan fingerprint density at radius 2 is 1.77 bits per heavy atom. The number of aliphatic imine (C=N–C) groups is 1. The Morgan fingerprint density at radius 3 is 2.35 bits per heavy atom. The highest BCUT2D eigenvalue weighted by atomic mass is 15.2. The molecule has 2 aliphatic rings. The number of nitrogens with zero attached hydrogens (tertiary/aromatic N) is 2. The van der Waals surface area contributed by atoms with E-state index < -0.39 is 0 Å². The van der Waals surface area contributed by atoms with Gasteiger partial charge in [0.25, 0.3) is 0 Å². The van der Waals surface area contributed by atoms with Gasteiger partial charge in [-0.15, -0.1) is 0 Å². The number of piperidine rings is 1. The molecule has 144 valence electrons. The Bertz CT molecular complexity index is 553. The molecule has 4 nitrogen and oxygen atoms in total. The van der Waals surface area contributed by atoms with Crippen LogP contribution in [-0.4, -0.2) is 42.6 Å². The molecule has 1 aromatic rings. The molecule has 0 saturated carbocycles. The zero-order valence-electron chi connectivity index (χ0n) is 16.7. The fourth-order valence-electron chi connectivity index (χ4n) is 4.65. The van der Waals surface area contributed by atoms with Crippen LogP contribution < -0.4 is 10.6 Å². The molecular formula is C22H36N4. The quantitative estimate of drug-likeness (QED) is 0.577. The van der Waals surface area contributed by atoms with Gasteiger partial charge in [0.1, 0.15) is 0 Å². The van der Waals surface area contributed by atoms with Gasteiger partial charge >= 0.3 is 0 Å². The maximum Gasteiger partial charge on any atom is 0.191 e. The van der Waals surface area contributed by atoms with Crippen LogP contribution in [0.15, 0.2) is 35.3 Å². The van der Waals surface area contributed by atoms with Gasteiger partial charge in [0.05, 0.1) is 0 Å². The third-order valence-electron chi connectivity index (χ3n) is 6.37. The van der Waals surface area contributed by atoms with Gasteiger partial charge in [0, 0.05) is 38.3 Å². The molecule has 2 saturated heterocycles. The highest BCUT2D eigenvalue weighted by Crippen LogP contribution is 2.36. The van der Waals surface area contributed by atoms with Gasteiger partial charge in [-0.25, -0.2) is 0 Å². The fraction of sp³-hybridized carbons (Fsp3) is 0.682. The minimum absolute atomic E-state index is 0.549. The van der Waals surface area contributed by atoms with Crippen molar-refractivity contribution in [2.24, 2.45) is 10.9 Å². The number of benzene rings is 1. The molecule has 0 aromatic heterocycles. The largest absolute Gasteiger partial charge is 0.356 e. The lowest BCUT2D eigenvalue weighted by molar-refractivity contribution is 0.114. The molecule has 26 heavy (non-hydrogen) atoms. The monoisotopic (exact) mass is 356 g/mol. The maximum absolute atomic E-state index is 4.46. The van der Waals surface area contributed by atoms with Crippen LogP contribution in [0.25, 0.3) is 0 Å². The Kier molecular flexibility index (Phi) is 6.95. The zero-order valence-corrected chi connectivity index (χ0v) is 16.7. The summed E-state index contributed by atoms with van der Waals surface area (Å²) in [6.07, 6.45) is 7.60. The number of hydrogen-bond acceptors (Lipinski definition) is 2. The second-order valence-corrected chi connectivity index (χ2v) is 7.99. The van der Waals surface area contributed by atoms with E-state index in [1.54, 1.807) is 0 Å². The van der Waals surface area contributed by atoms with Crippen LogP contribution >= 0.6 is 0 Å². The molecule has 0 radical (unpaired) electrons. The molecule has 2 unspecified atom stereocenters. The number of fused-ring (bicyclic) bond motifs is 2. The van der Waals surface area contributed by atoms with Crippen molar-refractivity contribution in [3.8, 4) is 0 Å². The summed E-state index contributed by atoms with van der Waals surface area (Å²) in [4.78, 5) is 7.20. The van der Waals surface area contributed by atoms with E-state index >= 15 is 0 Å². The summed E-state index contributed by atoms with van der Waals surface area (Å²) < 4.78 is 0. The summed E-state index contributed by atoms with van der Waals surface area (Å²) in [7, 11) is 1.89. The number of hydrogen-bond donors (Lipinski definition) is 2. The van der Waals surface area contributed by atoms with E-state index in [4.69, 9.17) is 0 Å². The lowest BCUT2D eigenvalue weighted by atomic mass is 9.96. The van der Waals surface area contributed by atoms with Crippen LogP contribution in [0.2, 0.25) is 0 Å². The SMILES string of the molecule is CCC(CC)CNC(=NC)NC1CC2CCC(C1)N2Cc1ccccc1. The molecule has 3 rings (SSSR count). The molecule has 2 N–H and O–H groups in total. The van der Waals surface area contributed by atoms with Gasteiger partial charge < -0.3 is 10.6 Å². The van der Waals surface area contributed by atoms with Crippen LogP contribution in [0.4, 0.5) is 0 Å². The molecule has 2 fully saturated rings. The number of guanidine groups is 1. The van der Waals surface area contributed by atoms with Crippen molar-refractivity contribution in [3.63, 3.8) is 0 Å². The molecule has 2 aliphatic heterocycles. The van der Waals surface area contributed by atoms with Crippen molar-refractivity contribution in [3.05, 3.63) is 35.9 Å². The Morgan fingerprint density at radius 1 is 1.12 bits per heavy atom. The summed E-state index contributed by atoms with van der Waals surface area (Å²) in [6.45, 7) is 6.66. The molecule has 0 amide bonds. The van der Waals surface area contributed by atoms with Crippen LogP contribution in [0, 0.1) is 5.92 Å². The van der Waals surface area contributed by atoms with Crippen molar-refractivity contribution in [1.82, 2.24) is 15.5 Å². The Balaban J connectivity index is 1.51. The molecule has 0 aliphatic carbocycles. The normalized spacial score (nSPS) is 26.3. The molecule has 1 aromatic carbocycles. The minimum Gasteiger partial charge on any atom is -0.356 e. The first-order valence-electron chi connectivity index (χ1n) is 10.5. The third-order valence-corrected chi connectivity index (χ3v) is 6.37. The summed E-state index contributed by atoms with van der Waals surface area (Å²) in [5, 5.41) is 7.25. The van der Waals surface area contributed by atoms with Crippen LogP contribution in [0.3, 0.4) is 0 Å². The molecule has 4 heteroatoms. The highest BCUT2D eigenvalue weighted by molar-refractivity contribution is 5.80. The second-order valence-electron chi connectivity index (χ2n) is 7.99. The van der Waals surface area contributed by atoms with Crippen molar-refractivity contribution in [1.29, 1.82) is 0 Å². The van der Waals surface area contributed by atoms with E-state index in [1.807, 2.05) is 7.05 Å². The van der Waals surface area contributed by atoms with E-state index in [0.29, 0.717) is 18.1 Å². The first-order chi connectivity index (χ1) is 12.7.